The number of primary sulfonamides is 1. The maximum atomic E-state index is 13.9. The highest BCUT2D eigenvalue weighted by Gasteiger charge is 2.29. The third kappa shape index (κ3) is 2.85. The maximum Gasteiger partial charge on any atom is 0.308 e. The molecule has 1 fully saturated rings. The van der Waals surface area contributed by atoms with Crippen LogP contribution in [0.1, 0.15) is 6.42 Å². The van der Waals surface area contributed by atoms with Gasteiger partial charge >= 0.3 is 5.97 Å². The topological polar surface area (TPSA) is 101 Å². The average Bonchev–Trinajstić information content (AvgIpc) is 2.76. The van der Waals surface area contributed by atoms with Gasteiger partial charge in [0.05, 0.1) is 16.5 Å². The molecule has 1 aromatic carbocycles. The van der Waals surface area contributed by atoms with Gasteiger partial charge in [-0.1, -0.05) is 0 Å². The lowest BCUT2D eigenvalue weighted by atomic mass is 10.1. The number of anilines is 1. The molecule has 1 saturated heterocycles. The summed E-state index contributed by atoms with van der Waals surface area (Å²) in [5.41, 5.74) is 0.191. The molecule has 0 radical (unpaired) electrons. The molecule has 1 unspecified atom stereocenters. The Bertz CT molecular complexity index is 617. The fraction of sp³-hybridized carbons (Fsp3) is 0.364. The molecule has 3 N–H and O–H groups in total. The molecule has 104 valence electrons. The minimum absolute atomic E-state index is 0.191. The normalized spacial score (nSPS) is 19.7. The van der Waals surface area contributed by atoms with E-state index in [1.54, 1.807) is 4.90 Å². The van der Waals surface area contributed by atoms with Crippen molar-refractivity contribution in [2.45, 2.75) is 11.3 Å². The van der Waals surface area contributed by atoms with Crippen LogP contribution in [0.2, 0.25) is 0 Å². The summed E-state index contributed by atoms with van der Waals surface area (Å²) in [6, 6.07) is 3.36. The second-order valence-corrected chi connectivity index (χ2v) is 5.99. The van der Waals surface area contributed by atoms with Gasteiger partial charge in [0.1, 0.15) is 5.82 Å². The van der Waals surface area contributed by atoms with Gasteiger partial charge in [-0.05, 0) is 24.6 Å². The summed E-state index contributed by atoms with van der Waals surface area (Å²) in [6.45, 7) is 0.629. The fourth-order valence-electron chi connectivity index (χ4n) is 2.10. The minimum Gasteiger partial charge on any atom is -0.481 e. The number of benzene rings is 1. The summed E-state index contributed by atoms with van der Waals surface area (Å²) in [5, 5.41) is 13.8. The number of nitrogens with zero attached hydrogens (tertiary/aromatic N) is 1. The van der Waals surface area contributed by atoms with Crippen LogP contribution in [0.4, 0.5) is 10.1 Å². The number of hydrogen-bond acceptors (Lipinski definition) is 4. The van der Waals surface area contributed by atoms with E-state index in [4.69, 9.17) is 10.2 Å². The fourth-order valence-corrected chi connectivity index (χ4v) is 2.63. The first kappa shape index (κ1) is 13.8. The molecule has 1 atom stereocenters. The van der Waals surface area contributed by atoms with Crippen molar-refractivity contribution in [3.63, 3.8) is 0 Å². The number of rotatable bonds is 3. The monoisotopic (exact) mass is 288 g/mol. The SMILES string of the molecule is NS(=O)(=O)c1ccc(N2CCC(C(=O)O)C2)c(F)c1. The summed E-state index contributed by atoms with van der Waals surface area (Å²) < 4.78 is 36.0. The second-order valence-electron chi connectivity index (χ2n) is 4.43. The van der Waals surface area contributed by atoms with E-state index < -0.39 is 27.7 Å². The molecule has 0 bridgehead atoms. The summed E-state index contributed by atoms with van der Waals surface area (Å²) >= 11 is 0. The second kappa shape index (κ2) is 4.78. The highest BCUT2D eigenvalue weighted by molar-refractivity contribution is 7.89. The molecular weight excluding hydrogens is 275 g/mol. The van der Waals surface area contributed by atoms with Crippen LogP contribution in [0, 0.1) is 11.7 Å². The Kier molecular flexibility index (Phi) is 3.46. The molecule has 19 heavy (non-hydrogen) atoms. The van der Waals surface area contributed by atoms with Gasteiger partial charge in [0.25, 0.3) is 0 Å². The van der Waals surface area contributed by atoms with Gasteiger partial charge in [-0.25, -0.2) is 17.9 Å². The van der Waals surface area contributed by atoms with Crippen molar-refractivity contribution >= 4 is 21.7 Å². The van der Waals surface area contributed by atoms with Crippen molar-refractivity contribution < 1.29 is 22.7 Å². The predicted molar refractivity (Wildman–Crippen MR) is 65.7 cm³/mol. The lowest BCUT2D eigenvalue weighted by Gasteiger charge is -2.19. The largest absolute Gasteiger partial charge is 0.481 e. The summed E-state index contributed by atoms with van der Waals surface area (Å²) in [4.78, 5) is 12.1. The van der Waals surface area contributed by atoms with E-state index in [1.165, 1.54) is 12.1 Å². The maximum absolute atomic E-state index is 13.9. The minimum atomic E-state index is -3.94. The molecule has 8 heteroatoms. The van der Waals surface area contributed by atoms with Crippen LogP contribution in [0.25, 0.3) is 0 Å². The highest BCUT2D eigenvalue weighted by atomic mass is 32.2. The summed E-state index contributed by atoms with van der Waals surface area (Å²) in [5.74, 6) is -2.17. The Morgan fingerprint density at radius 2 is 2.16 bits per heavy atom. The van der Waals surface area contributed by atoms with E-state index in [0.717, 1.165) is 6.07 Å². The zero-order chi connectivity index (χ0) is 14.2. The van der Waals surface area contributed by atoms with Gasteiger partial charge in [-0.15, -0.1) is 0 Å². The number of sulfonamides is 1. The standard InChI is InChI=1S/C11H13FN2O4S/c12-9-5-8(19(13,17)18)1-2-10(9)14-4-3-7(6-14)11(15)16/h1-2,5,7H,3-4,6H2,(H,15,16)(H2,13,17,18). The van der Waals surface area contributed by atoms with Crippen molar-refractivity contribution in [1.29, 1.82) is 0 Å². The van der Waals surface area contributed by atoms with E-state index in [0.29, 0.717) is 13.0 Å². The number of nitrogens with two attached hydrogens (primary N) is 1. The molecular formula is C11H13FN2O4S. The van der Waals surface area contributed by atoms with Gasteiger partial charge in [0, 0.05) is 13.1 Å². The number of carboxylic acid groups (broad SMARTS) is 1. The zero-order valence-electron chi connectivity index (χ0n) is 9.91. The number of hydrogen-bond donors (Lipinski definition) is 2. The molecule has 2 rings (SSSR count). The Morgan fingerprint density at radius 3 is 2.63 bits per heavy atom. The van der Waals surface area contributed by atoms with Crippen molar-refractivity contribution in [3.8, 4) is 0 Å². The first-order valence-corrected chi connectivity index (χ1v) is 7.14. The van der Waals surface area contributed by atoms with Crippen LogP contribution < -0.4 is 10.0 Å². The number of halogens is 1. The lowest BCUT2D eigenvalue weighted by Crippen LogP contribution is -2.23. The number of aliphatic carboxylic acids is 1. The van der Waals surface area contributed by atoms with Crippen LogP contribution >= 0.6 is 0 Å². The third-order valence-corrected chi connectivity index (χ3v) is 4.04. The lowest BCUT2D eigenvalue weighted by molar-refractivity contribution is -0.140. The van der Waals surface area contributed by atoms with Gasteiger partial charge in [0.2, 0.25) is 10.0 Å². The first-order chi connectivity index (χ1) is 8.79. The molecule has 1 heterocycles. The van der Waals surface area contributed by atoms with E-state index in [1.807, 2.05) is 0 Å². The first-order valence-electron chi connectivity index (χ1n) is 5.59. The molecule has 0 saturated carbocycles. The molecule has 0 aliphatic carbocycles. The van der Waals surface area contributed by atoms with Crippen LogP contribution in [-0.2, 0) is 14.8 Å². The molecule has 1 aromatic rings. The van der Waals surface area contributed by atoms with Gasteiger partial charge in [0.15, 0.2) is 0 Å². The van der Waals surface area contributed by atoms with E-state index in [-0.39, 0.29) is 17.1 Å². The van der Waals surface area contributed by atoms with Crippen molar-refractivity contribution in [2.24, 2.45) is 11.1 Å². The van der Waals surface area contributed by atoms with Gasteiger partial charge < -0.3 is 10.0 Å². The van der Waals surface area contributed by atoms with Gasteiger partial charge in [-0.3, -0.25) is 4.79 Å². The predicted octanol–water partition coefficient (Wildman–Crippen LogP) is 0.384. The Balaban J connectivity index is 2.26. The molecule has 0 aromatic heterocycles. The quantitative estimate of drug-likeness (QED) is 0.837. The third-order valence-electron chi connectivity index (χ3n) is 3.13. The summed E-state index contributed by atoms with van der Waals surface area (Å²) in [6.07, 6.45) is 0.436. The van der Waals surface area contributed by atoms with Crippen molar-refractivity contribution in [1.82, 2.24) is 0 Å². The Labute approximate surface area is 109 Å². The molecule has 1 aliphatic heterocycles. The van der Waals surface area contributed by atoms with E-state index in [2.05, 4.69) is 0 Å². The molecule has 6 nitrogen and oxygen atoms in total. The van der Waals surface area contributed by atoms with Crippen LogP contribution in [0.3, 0.4) is 0 Å². The highest BCUT2D eigenvalue weighted by Crippen LogP contribution is 2.27. The van der Waals surface area contributed by atoms with Gasteiger partial charge in [-0.2, -0.15) is 0 Å². The van der Waals surface area contributed by atoms with Crippen LogP contribution in [-0.4, -0.2) is 32.6 Å². The van der Waals surface area contributed by atoms with Crippen LogP contribution in [0.5, 0.6) is 0 Å². The van der Waals surface area contributed by atoms with Crippen LogP contribution in [0.15, 0.2) is 23.1 Å². The molecule has 0 amide bonds. The average molecular weight is 288 g/mol. The Hall–Kier alpha value is -1.67. The van der Waals surface area contributed by atoms with Crippen molar-refractivity contribution in [3.05, 3.63) is 24.0 Å². The number of carbonyl (C=O) groups is 1. The smallest absolute Gasteiger partial charge is 0.308 e. The van der Waals surface area contributed by atoms with E-state index in [9.17, 15) is 17.6 Å². The molecule has 1 aliphatic rings. The molecule has 0 spiro atoms. The zero-order valence-corrected chi connectivity index (χ0v) is 10.7. The van der Waals surface area contributed by atoms with Crippen molar-refractivity contribution in [2.75, 3.05) is 18.0 Å². The Morgan fingerprint density at radius 1 is 1.47 bits per heavy atom. The van der Waals surface area contributed by atoms with E-state index >= 15 is 0 Å². The summed E-state index contributed by atoms with van der Waals surface area (Å²) in [7, 11) is -3.94. The number of carboxylic acids is 1.